The quantitative estimate of drug-likeness (QED) is 0.620. The average Bonchev–Trinajstić information content (AvgIpc) is 2.71. The number of hydrogen-bond acceptors (Lipinski definition) is 4. The smallest absolute Gasteiger partial charge is 0.223 e. The summed E-state index contributed by atoms with van der Waals surface area (Å²) in [6, 6.07) is 0.520. The largest absolute Gasteiger partial charge is 0.370 e. The fourth-order valence-corrected chi connectivity index (χ4v) is 3.13. The van der Waals surface area contributed by atoms with Crippen LogP contribution in [0.5, 0.6) is 0 Å². The van der Waals surface area contributed by atoms with E-state index in [4.69, 9.17) is 5.73 Å². The highest BCUT2D eigenvalue weighted by Crippen LogP contribution is 2.25. The summed E-state index contributed by atoms with van der Waals surface area (Å²) in [5.74, 6) is 0.332. The number of fused-ring (bicyclic) bond motifs is 1. The van der Waals surface area contributed by atoms with Crippen molar-refractivity contribution in [2.45, 2.75) is 24.9 Å². The molecular weight excluding hydrogens is 216 g/mol. The zero-order valence-corrected chi connectivity index (χ0v) is 10.1. The summed E-state index contributed by atoms with van der Waals surface area (Å²) in [7, 11) is 0. The van der Waals surface area contributed by atoms with Crippen LogP contribution in [-0.2, 0) is 4.79 Å². The Morgan fingerprint density at radius 2 is 2.29 bits per heavy atom. The molecule has 3 rings (SSSR count). The van der Waals surface area contributed by atoms with Gasteiger partial charge in [0, 0.05) is 50.9 Å². The van der Waals surface area contributed by atoms with E-state index in [0.717, 1.165) is 45.6 Å². The van der Waals surface area contributed by atoms with Gasteiger partial charge in [-0.25, -0.2) is 0 Å². The lowest BCUT2D eigenvalue weighted by Gasteiger charge is -2.42. The van der Waals surface area contributed by atoms with Gasteiger partial charge < -0.3 is 20.9 Å². The number of amides is 1. The molecule has 0 unspecified atom stereocenters. The summed E-state index contributed by atoms with van der Waals surface area (Å²) >= 11 is 0. The normalized spacial score (nSPS) is 33.7. The van der Waals surface area contributed by atoms with Gasteiger partial charge in [0.25, 0.3) is 0 Å². The highest BCUT2D eigenvalue weighted by Gasteiger charge is 2.36. The first-order valence-corrected chi connectivity index (χ1v) is 6.46. The first-order chi connectivity index (χ1) is 8.25. The van der Waals surface area contributed by atoms with Crippen molar-refractivity contribution in [1.82, 2.24) is 15.1 Å². The van der Waals surface area contributed by atoms with Gasteiger partial charge in [0.1, 0.15) is 0 Å². The zero-order chi connectivity index (χ0) is 11.8. The highest BCUT2D eigenvalue weighted by molar-refractivity contribution is 5.79. The van der Waals surface area contributed by atoms with Gasteiger partial charge in [0.15, 0.2) is 0 Å². The van der Waals surface area contributed by atoms with E-state index in [2.05, 4.69) is 16.3 Å². The van der Waals surface area contributed by atoms with E-state index < -0.39 is 0 Å². The Hall–Kier alpha value is -1.07. The minimum Gasteiger partial charge on any atom is -0.370 e. The standard InChI is InChI=1S/C12H20N4O/c13-10-7-14-4-3-11(10)15-5-6-16-9(8-15)1-2-12(16)17/h3,9-10,14H,1-2,4-8,13H2/t9-,10+/m1/s1. The minimum atomic E-state index is 0.104. The second-order valence-electron chi connectivity index (χ2n) is 5.12. The molecule has 0 aliphatic carbocycles. The van der Waals surface area contributed by atoms with Gasteiger partial charge in [0.2, 0.25) is 5.91 Å². The van der Waals surface area contributed by atoms with Gasteiger partial charge in [-0.15, -0.1) is 0 Å². The number of carbonyl (C=O) groups is 1. The summed E-state index contributed by atoms with van der Waals surface area (Å²) in [5, 5.41) is 3.26. The molecule has 0 bridgehead atoms. The Bertz CT molecular complexity index is 354. The Morgan fingerprint density at radius 1 is 1.41 bits per heavy atom. The van der Waals surface area contributed by atoms with Crippen LogP contribution in [0.3, 0.4) is 0 Å². The summed E-state index contributed by atoms with van der Waals surface area (Å²) < 4.78 is 0. The van der Waals surface area contributed by atoms with Crippen LogP contribution in [-0.4, -0.2) is 60.5 Å². The minimum absolute atomic E-state index is 0.104. The second-order valence-corrected chi connectivity index (χ2v) is 5.12. The summed E-state index contributed by atoms with van der Waals surface area (Å²) in [5.41, 5.74) is 7.39. The molecule has 3 aliphatic rings. The molecule has 17 heavy (non-hydrogen) atoms. The van der Waals surface area contributed by atoms with Gasteiger partial charge >= 0.3 is 0 Å². The van der Waals surface area contributed by atoms with Crippen molar-refractivity contribution >= 4 is 5.91 Å². The summed E-state index contributed by atoms with van der Waals surface area (Å²) in [6.07, 6.45) is 3.93. The molecule has 0 spiro atoms. The lowest BCUT2D eigenvalue weighted by Crippen LogP contribution is -2.54. The maximum atomic E-state index is 11.6. The van der Waals surface area contributed by atoms with E-state index in [9.17, 15) is 4.79 Å². The van der Waals surface area contributed by atoms with Crippen molar-refractivity contribution in [3.63, 3.8) is 0 Å². The highest BCUT2D eigenvalue weighted by atomic mass is 16.2. The molecule has 3 heterocycles. The fourth-order valence-electron chi connectivity index (χ4n) is 3.13. The van der Waals surface area contributed by atoms with Crippen molar-refractivity contribution in [3.8, 4) is 0 Å². The van der Waals surface area contributed by atoms with Crippen molar-refractivity contribution in [2.24, 2.45) is 5.73 Å². The summed E-state index contributed by atoms with van der Waals surface area (Å²) in [6.45, 7) is 4.52. The molecule has 0 saturated carbocycles. The molecule has 3 N–H and O–H groups in total. The van der Waals surface area contributed by atoms with E-state index in [1.54, 1.807) is 0 Å². The molecule has 0 aromatic heterocycles. The van der Waals surface area contributed by atoms with Crippen molar-refractivity contribution < 1.29 is 4.79 Å². The van der Waals surface area contributed by atoms with E-state index in [1.807, 2.05) is 4.90 Å². The second kappa shape index (κ2) is 4.31. The zero-order valence-electron chi connectivity index (χ0n) is 10.1. The first kappa shape index (κ1) is 11.0. The maximum Gasteiger partial charge on any atom is 0.223 e. The molecule has 94 valence electrons. The first-order valence-electron chi connectivity index (χ1n) is 6.46. The molecular formula is C12H20N4O. The van der Waals surface area contributed by atoms with Crippen LogP contribution < -0.4 is 11.1 Å². The topological polar surface area (TPSA) is 61.6 Å². The van der Waals surface area contributed by atoms with Crippen LogP contribution in [0.4, 0.5) is 0 Å². The summed E-state index contributed by atoms with van der Waals surface area (Å²) in [4.78, 5) is 16.0. The van der Waals surface area contributed by atoms with Crippen molar-refractivity contribution in [1.29, 1.82) is 0 Å². The molecule has 5 nitrogen and oxygen atoms in total. The third kappa shape index (κ3) is 1.93. The Balaban J connectivity index is 1.70. The van der Waals surface area contributed by atoms with Crippen LogP contribution in [0.25, 0.3) is 0 Å². The molecule has 3 aliphatic heterocycles. The van der Waals surface area contributed by atoms with Gasteiger partial charge in [-0.05, 0) is 12.5 Å². The number of nitrogens with zero attached hydrogens (tertiary/aromatic N) is 2. The maximum absolute atomic E-state index is 11.6. The lowest BCUT2D eigenvalue weighted by atomic mass is 10.1. The van der Waals surface area contributed by atoms with E-state index in [-0.39, 0.29) is 6.04 Å². The third-order valence-electron chi connectivity index (χ3n) is 4.06. The monoisotopic (exact) mass is 236 g/mol. The van der Waals surface area contributed by atoms with Crippen LogP contribution in [0.15, 0.2) is 11.8 Å². The lowest BCUT2D eigenvalue weighted by molar-refractivity contribution is -0.130. The van der Waals surface area contributed by atoms with Crippen LogP contribution >= 0.6 is 0 Å². The number of nitrogens with one attached hydrogen (secondary N) is 1. The average molecular weight is 236 g/mol. The number of nitrogens with two attached hydrogens (primary N) is 1. The predicted octanol–water partition coefficient (Wildman–Crippen LogP) is -0.893. The van der Waals surface area contributed by atoms with Crippen LogP contribution in [0.2, 0.25) is 0 Å². The fraction of sp³-hybridized carbons (Fsp3) is 0.750. The number of carbonyl (C=O) groups excluding carboxylic acids is 1. The predicted molar refractivity (Wildman–Crippen MR) is 65.2 cm³/mol. The Morgan fingerprint density at radius 3 is 3.12 bits per heavy atom. The SMILES string of the molecule is N[C@H]1CNCC=C1N1CCN2C(=O)CC[C@@H]2C1. The van der Waals surface area contributed by atoms with Gasteiger partial charge in [-0.1, -0.05) is 0 Å². The molecule has 2 saturated heterocycles. The van der Waals surface area contributed by atoms with Crippen molar-refractivity contribution in [2.75, 3.05) is 32.7 Å². The third-order valence-corrected chi connectivity index (χ3v) is 4.06. The van der Waals surface area contributed by atoms with Gasteiger partial charge in [-0.3, -0.25) is 4.79 Å². The van der Waals surface area contributed by atoms with Gasteiger partial charge in [-0.2, -0.15) is 0 Å². The van der Waals surface area contributed by atoms with Crippen molar-refractivity contribution in [3.05, 3.63) is 11.8 Å². The van der Waals surface area contributed by atoms with Gasteiger partial charge in [0.05, 0.1) is 6.04 Å². The molecule has 0 aromatic rings. The number of hydrogen-bond donors (Lipinski definition) is 2. The molecule has 1 amide bonds. The van der Waals surface area contributed by atoms with E-state index in [0.29, 0.717) is 11.9 Å². The molecule has 2 fully saturated rings. The van der Waals surface area contributed by atoms with E-state index >= 15 is 0 Å². The molecule has 2 atom stereocenters. The number of piperazine rings is 1. The number of rotatable bonds is 1. The molecule has 0 aromatic carbocycles. The van der Waals surface area contributed by atoms with E-state index in [1.165, 1.54) is 5.70 Å². The Labute approximate surface area is 102 Å². The van der Waals surface area contributed by atoms with Crippen LogP contribution in [0, 0.1) is 0 Å². The Kier molecular flexibility index (Phi) is 2.80. The van der Waals surface area contributed by atoms with Crippen LogP contribution in [0.1, 0.15) is 12.8 Å². The molecule has 0 radical (unpaired) electrons. The molecule has 5 heteroatoms.